The molecule has 0 aromatic heterocycles. The number of rotatable bonds is 8. The van der Waals surface area contributed by atoms with Crippen LogP contribution in [0.25, 0.3) is 0 Å². The molecule has 0 amide bonds. The van der Waals surface area contributed by atoms with Gasteiger partial charge in [-0.05, 0) is 35.7 Å². The lowest BCUT2D eigenvalue weighted by molar-refractivity contribution is 0.222. The molecule has 1 aromatic carbocycles. The molecule has 0 fully saturated rings. The highest BCUT2D eigenvalue weighted by Crippen LogP contribution is 2.30. The van der Waals surface area contributed by atoms with Crippen molar-refractivity contribution in [3.63, 3.8) is 0 Å². The van der Waals surface area contributed by atoms with Gasteiger partial charge in [0.15, 0.2) is 0 Å². The molecule has 1 aromatic rings. The van der Waals surface area contributed by atoms with Gasteiger partial charge in [-0.15, -0.1) is 0 Å². The fourth-order valence-corrected chi connectivity index (χ4v) is 2.65. The van der Waals surface area contributed by atoms with Gasteiger partial charge in [0, 0.05) is 19.2 Å². The van der Waals surface area contributed by atoms with Gasteiger partial charge < -0.3 is 10.4 Å². The van der Waals surface area contributed by atoms with E-state index in [1.165, 1.54) is 5.56 Å². The topological polar surface area (TPSA) is 32.3 Å². The van der Waals surface area contributed by atoms with E-state index in [1.54, 1.807) is 0 Å². The van der Waals surface area contributed by atoms with Gasteiger partial charge in [0.2, 0.25) is 0 Å². The monoisotopic (exact) mass is 291 g/mol. The van der Waals surface area contributed by atoms with Crippen LogP contribution in [0.5, 0.6) is 0 Å². The summed E-state index contributed by atoms with van der Waals surface area (Å²) >= 11 is 0. The van der Waals surface area contributed by atoms with Crippen molar-refractivity contribution in [1.29, 1.82) is 0 Å². The Morgan fingerprint density at radius 3 is 2.19 bits per heavy atom. The first-order chi connectivity index (χ1) is 9.73. The Morgan fingerprint density at radius 1 is 1.05 bits per heavy atom. The molecule has 120 valence electrons. The molecule has 0 aliphatic carbocycles. The summed E-state index contributed by atoms with van der Waals surface area (Å²) in [5.74, 6) is 0. The summed E-state index contributed by atoms with van der Waals surface area (Å²) in [5.41, 5.74) is 1.88. The molecule has 21 heavy (non-hydrogen) atoms. The third kappa shape index (κ3) is 7.63. The Hall–Kier alpha value is -0.860. The summed E-state index contributed by atoms with van der Waals surface area (Å²) in [6, 6.07) is 11.1. The number of nitrogens with one attached hydrogen (secondary N) is 1. The van der Waals surface area contributed by atoms with E-state index < -0.39 is 0 Å². The highest BCUT2D eigenvalue weighted by Gasteiger charge is 2.23. The molecule has 0 aliphatic heterocycles. The molecule has 0 saturated carbocycles. The van der Waals surface area contributed by atoms with E-state index in [0.717, 1.165) is 25.8 Å². The average Bonchev–Trinajstić information content (AvgIpc) is 2.41. The summed E-state index contributed by atoms with van der Waals surface area (Å²) in [7, 11) is 0. The third-order valence-corrected chi connectivity index (χ3v) is 3.86. The second kappa shape index (κ2) is 7.95. The molecule has 0 bridgehead atoms. The molecule has 0 aliphatic rings. The minimum Gasteiger partial charge on any atom is -0.396 e. The van der Waals surface area contributed by atoms with Crippen LogP contribution in [-0.4, -0.2) is 18.3 Å². The van der Waals surface area contributed by atoms with Crippen molar-refractivity contribution in [2.24, 2.45) is 10.8 Å². The first kappa shape index (κ1) is 18.2. The molecule has 1 atom stereocenters. The molecule has 0 saturated heterocycles. The largest absolute Gasteiger partial charge is 0.396 e. The van der Waals surface area contributed by atoms with Crippen LogP contribution in [0.2, 0.25) is 0 Å². The predicted octanol–water partition coefficient (Wildman–Crippen LogP) is 4.55. The van der Waals surface area contributed by atoms with Crippen molar-refractivity contribution in [3.05, 3.63) is 35.9 Å². The molecular weight excluding hydrogens is 258 g/mol. The Kier molecular flexibility index (Phi) is 6.89. The maximum atomic E-state index is 9.02. The molecule has 2 N–H and O–H groups in total. The van der Waals surface area contributed by atoms with Gasteiger partial charge in [0.1, 0.15) is 0 Å². The van der Waals surface area contributed by atoms with Crippen LogP contribution in [0.4, 0.5) is 0 Å². The van der Waals surface area contributed by atoms with Crippen LogP contribution in [-0.2, 0) is 0 Å². The van der Waals surface area contributed by atoms with Crippen molar-refractivity contribution < 1.29 is 5.11 Å². The third-order valence-electron chi connectivity index (χ3n) is 3.86. The summed E-state index contributed by atoms with van der Waals surface area (Å²) in [5, 5.41) is 12.8. The molecule has 0 spiro atoms. The fourth-order valence-electron chi connectivity index (χ4n) is 2.65. The van der Waals surface area contributed by atoms with Crippen molar-refractivity contribution >= 4 is 0 Å². The van der Waals surface area contributed by atoms with Crippen LogP contribution in [0.3, 0.4) is 0 Å². The molecule has 2 nitrogen and oxygen atoms in total. The lowest BCUT2D eigenvalue weighted by Crippen LogP contribution is -2.34. The first-order valence-corrected chi connectivity index (χ1v) is 8.13. The van der Waals surface area contributed by atoms with Gasteiger partial charge in [-0.25, -0.2) is 0 Å². The van der Waals surface area contributed by atoms with Gasteiger partial charge in [0.25, 0.3) is 0 Å². The number of aliphatic hydroxyl groups excluding tert-OH is 1. The zero-order valence-corrected chi connectivity index (χ0v) is 14.4. The first-order valence-electron chi connectivity index (χ1n) is 8.13. The highest BCUT2D eigenvalue weighted by molar-refractivity contribution is 5.19. The lowest BCUT2D eigenvalue weighted by Gasteiger charge is -2.32. The van der Waals surface area contributed by atoms with Crippen molar-refractivity contribution in [2.75, 3.05) is 13.2 Å². The van der Waals surface area contributed by atoms with Crippen LogP contribution >= 0.6 is 0 Å². The van der Waals surface area contributed by atoms with E-state index in [1.807, 2.05) is 0 Å². The Labute approximate surface area is 131 Å². The number of hydrogen-bond donors (Lipinski definition) is 2. The second-order valence-electron chi connectivity index (χ2n) is 8.10. The highest BCUT2D eigenvalue weighted by atomic mass is 16.2. The van der Waals surface area contributed by atoms with E-state index >= 15 is 0 Å². The van der Waals surface area contributed by atoms with E-state index in [4.69, 9.17) is 5.11 Å². The summed E-state index contributed by atoms with van der Waals surface area (Å²) in [6.45, 7) is 12.7. The van der Waals surface area contributed by atoms with Crippen LogP contribution in [0, 0.1) is 10.8 Å². The van der Waals surface area contributed by atoms with Gasteiger partial charge >= 0.3 is 0 Å². The van der Waals surface area contributed by atoms with E-state index in [2.05, 4.69) is 70.3 Å². The maximum Gasteiger partial charge on any atom is 0.0431 e. The second-order valence-corrected chi connectivity index (χ2v) is 8.10. The maximum absolute atomic E-state index is 9.02. The minimum absolute atomic E-state index is 0.216. The smallest absolute Gasteiger partial charge is 0.0431 e. The van der Waals surface area contributed by atoms with Crippen LogP contribution < -0.4 is 5.32 Å². The lowest BCUT2D eigenvalue weighted by atomic mass is 9.83. The Morgan fingerprint density at radius 2 is 1.67 bits per heavy atom. The zero-order chi connectivity index (χ0) is 15.9. The van der Waals surface area contributed by atoms with Crippen LogP contribution in [0.15, 0.2) is 30.3 Å². The summed E-state index contributed by atoms with van der Waals surface area (Å²) in [6.07, 6.45) is 3.05. The van der Waals surface area contributed by atoms with Crippen molar-refractivity contribution in [1.82, 2.24) is 5.32 Å². The fraction of sp³-hybridized carbons (Fsp3) is 0.684. The normalized spacial score (nSPS) is 14.2. The molecule has 0 radical (unpaired) electrons. The molecule has 0 heterocycles. The van der Waals surface area contributed by atoms with E-state index in [0.29, 0.717) is 11.5 Å². The zero-order valence-electron chi connectivity index (χ0n) is 14.4. The van der Waals surface area contributed by atoms with Crippen molar-refractivity contribution in [2.45, 2.75) is 59.9 Å². The molecule has 2 heteroatoms. The standard InChI is InChI=1S/C19H33NO/c1-18(2,3)14-17(16-10-7-6-8-11-16)20-15-19(4,5)12-9-13-21/h6-8,10-11,17,20-21H,9,12-15H2,1-5H3. The number of hydrogen-bond acceptors (Lipinski definition) is 2. The van der Waals surface area contributed by atoms with Gasteiger partial charge in [-0.3, -0.25) is 0 Å². The predicted molar refractivity (Wildman–Crippen MR) is 91.4 cm³/mol. The van der Waals surface area contributed by atoms with Gasteiger partial charge in [-0.2, -0.15) is 0 Å². The molecule has 1 unspecified atom stereocenters. The van der Waals surface area contributed by atoms with Gasteiger partial charge in [-0.1, -0.05) is 65.0 Å². The Bertz CT molecular complexity index is 392. The summed E-state index contributed by atoms with van der Waals surface area (Å²) < 4.78 is 0. The number of benzene rings is 1. The van der Waals surface area contributed by atoms with E-state index in [9.17, 15) is 0 Å². The quantitative estimate of drug-likeness (QED) is 0.736. The van der Waals surface area contributed by atoms with Crippen LogP contribution in [0.1, 0.15) is 65.5 Å². The van der Waals surface area contributed by atoms with Gasteiger partial charge in [0.05, 0.1) is 0 Å². The average molecular weight is 291 g/mol. The van der Waals surface area contributed by atoms with E-state index in [-0.39, 0.29) is 12.0 Å². The molecular formula is C19H33NO. The summed E-state index contributed by atoms with van der Waals surface area (Å²) in [4.78, 5) is 0. The Balaban J connectivity index is 2.70. The van der Waals surface area contributed by atoms with Crippen molar-refractivity contribution in [3.8, 4) is 0 Å². The molecule has 1 rings (SSSR count). The number of aliphatic hydroxyl groups is 1. The SMILES string of the molecule is CC(C)(C)CC(NCC(C)(C)CCCO)c1ccccc1. The minimum atomic E-state index is 0.216.